The lowest BCUT2D eigenvalue weighted by molar-refractivity contribution is 0.542. The fraction of sp³-hybridized carbons (Fsp3) is 0.167. The fourth-order valence-corrected chi connectivity index (χ4v) is 1.91. The molecule has 0 saturated carbocycles. The number of aromatic nitrogens is 4. The second-order valence-electron chi connectivity index (χ2n) is 4.03. The molecule has 1 unspecified atom stereocenters. The zero-order chi connectivity index (χ0) is 11.8. The van der Waals surface area contributed by atoms with E-state index in [9.17, 15) is 0 Å². The summed E-state index contributed by atoms with van der Waals surface area (Å²) in [7, 11) is 0. The molecule has 5 heteroatoms. The van der Waals surface area contributed by atoms with Crippen molar-refractivity contribution in [3.05, 3.63) is 42.5 Å². The normalized spacial score (nSPS) is 13.0. The molecule has 0 bridgehead atoms. The van der Waals surface area contributed by atoms with E-state index in [2.05, 4.69) is 15.1 Å². The van der Waals surface area contributed by atoms with Crippen LogP contribution >= 0.6 is 0 Å². The minimum atomic E-state index is 0.0665. The van der Waals surface area contributed by atoms with Crippen molar-refractivity contribution in [2.75, 3.05) is 5.73 Å². The number of hydrogen-bond acceptors (Lipinski definition) is 3. The van der Waals surface area contributed by atoms with Crippen molar-refractivity contribution in [2.45, 2.75) is 13.0 Å². The lowest BCUT2D eigenvalue weighted by Crippen LogP contribution is -2.08. The van der Waals surface area contributed by atoms with E-state index in [0.717, 1.165) is 16.9 Å². The first-order valence-electron chi connectivity index (χ1n) is 5.49. The summed E-state index contributed by atoms with van der Waals surface area (Å²) in [6.07, 6.45) is 3.68. The van der Waals surface area contributed by atoms with Crippen molar-refractivity contribution < 1.29 is 0 Å². The van der Waals surface area contributed by atoms with Crippen LogP contribution in [0.15, 0.2) is 36.7 Å². The molecule has 3 aromatic rings. The van der Waals surface area contributed by atoms with E-state index in [1.54, 1.807) is 6.20 Å². The van der Waals surface area contributed by atoms with Crippen LogP contribution in [0.5, 0.6) is 0 Å². The molecule has 2 heterocycles. The highest BCUT2D eigenvalue weighted by molar-refractivity contribution is 5.86. The molecular weight excluding hydrogens is 214 g/mol. The molecular formula is C12H13N5. The average molecular weight is 227 g/mol. The molecule has 1 atom stereocenters. The third kappa shape index (κ3) is 1.56. The number of nitrogens with zero attached hydrogens (tertiary/aromatic N) is 3. The Hall–Kier alpha value is -2.30. The van der Waals surface area contributed by atoms with Crippen LogP contribution in [0.25, 0.3) is 11.0 Å². The number of rotatable bonds is 2. The maximum Gasteiger partial charge on any atom is 0.132 e. The average Bonchev–Trinajstić information content (AvgIpc) is 2.98. The molecule has 2 aromatic heterocycles. The number of aromatic amines is 1. The number of nitrogens with one attached hydrogen (secondary N) is 1. The van der Waals surface area contributed by atoms with Gasteiger partial charge in [0, 0.05) is 12.4 Å². The third-order valence-electron chi connectivity index (χ3n) is 2.88. The molecule has 0 aliphatic carbocycles. The molecule has 0 fully saturated rings. The Morgan fingerprint density at radius 2 is 2.24 bits per heavy atom. The summed E-state index contributed by atoms with van der Waals surface area (Å²) in [5, 5.41) is 4.21. The number of imidazole rings is 1. The van der Waals surface area contributed by atoms with E-state index >= 15 is 0 Å². The van der Waals surface area contributed by atoms with Gasteiger partial charge in [0.1, 0.15) is 17.4 Å². The van der Waals surface area contributed by atoms with Crippen LogP contribution in [0, 0.1) is 0 Å². The zero-order valence-electron chi connectivity index (χ0n) is 9.46. The van der Waals surface area contributed by atoms with Gasteiger partial charge in [-0.15, -0.1) is 0 Å². The number of anilines is 1. The first-order chi connectivity index (χ1) is 8.25. The van der Waals surface area contributed by atoms with E-state index in [0.29, 0.717) is 5.69 Å². The number of benzene rings is 1. The van der Waals surface area contributed by atoms with Gasteiger partial charge in [0.25, 0.3) is 0 Å². The first-order valence-corrected chi connectivity index (χ1v) is 5.49. The van der Waals surface area contributed by atoms with Crippen LogP contribution in [0.1, 0.15) is 18.8 Å². The molecule has 0 radical (unpaired) electrons. The largest absolute Gasteiger partial charge is 0.397 e. The van der Waals surface area contributed by atoms with Crippen molar-refractivity contribution in [3.8, 4) is 0 Å². The van der Waals surface area contributed by atoms with Gasteiger partial charge in [-0.1, -0.05) is 6.07 Å². The van der Waals surface area contributed by atoms with Gasteiger partial charge in [-0.25, -0.2) is 4.98 Å². The Bertz CT molecular complexity index is 638. The van der Waals surface area contributed by atoms with Crippen LogP contribution in [0.3, 0.4) is 0 Å². The molecule has 0 spiro atoms. The smallest absolute Gasteiger partial charge is 0.132 e. The van der Waals surface area contributed by atoms with Crippen molar-refractivity contribution in [1.29, 1.82) is 0 Å². The van der Waals surface area contributed by atoms with Crippen LogP contribution in [0.4, 0.5) is 5.69 Å². The predicted molar refractivity (Wildman–Crippen MR) is 66.5 cm³/mol. The van der Waals surface area contributed by atoms with E-state index < -0.39 is 0 Å². The SMILES string of the molecule is CC(c1nc2c(N)cccc2[nH]1)n1cccn1. The third-order valence-corrected chi connectivity index (χ3v) is 2.88. The molecule has 86 valence electrons. The molecule has 0 amide bonds. The van der Waals surface area contributed by atoms with Crippen molar-refractivity contribution in [3.63, 3.8) is 0 Å². The maximum absolute atomic E-state index is 5.88. The van der Waals surface area contributed by atoms with Gasteiger partial charge in [0.05, 0.1) is 11.2 Å². The Kier molecular flexibility index (Phi) is 2.11. The van der Waals surface area contributed by atoms with Crippen molar-refractivity contribution >= 4 is 16.7 Å². The summed E-state index contributed by atoms with van der Waals surface area (Å²) in [6.45, 7) is 2.04. The van der Waals surface area contributed by atoms with Gasteiger partial charge in [-0.2, -0.15) is 5.10 Å². The summed E-state index contributed by atoms with van der Waals surface area (Å²) in [6, 6.07) is 7.70. The predicted octanol–water partition coefficient (Wildman–Crippen LogP) is 1.95. The molecule has 1 aromatic carbocycles. The van der Waals surface area contributed by atoms with Gasteiger partial charge in [0.2, 0.25) is 0 Å². The fourth-order valence-electron chi connectivity index (χ4n) is 1.91. The summed E-state index contributed by atoms with van der Waals surface area (Å²) >= 11 is 0. The summed E-state index contributed by atoms with van der Waals surface area (Å²) in [4.78, 5) is 7.80. The summed E-state index contributed by atoms with van der Waals surface area (Å²) in [5.41, 5.74) is 8.35. The number of H-pyrrole nitrogens is 1. The molecule has 0 saturated heterocycles. The van der Waals surface area contributed by atoms with Gasteiger partial charge in [-0.3, -0.25) is 4.68 Å². The topological polar surface area (TPSA) is 72.5 Å². The second kappa shape index (κ2) is 3.62. The van der Waals surface area contributed by atoms with Crippen LogP contribution in [-0.2, 0) is 0 Å². The quantitative estimate of drug-likeness (QED) is 0.657. The minimum Gasteiger partial charge on any atom is -0.397 e. The highest BCUT2D eigenvalue weighted by Crippen LogP contribution is 2.22. The standard InChI is InChI=1S/C12H13N5/c1-8(17-7-3-6-14-17)12-15-10-5-2-4-9(13)11(10)16-12/h2-8H,13H2,1H3,(H,15,16). The van der Waals surface area contributed by atoms with Gasteiger partial charge in [-0.05, 0) is 25.1 Å². The highest BCUT2D eigenvalue weighted by Gasteiger charge is 2.13. The molecule has 0 aliphatic heterocycles. The second-order valence-corrected chi connectivity index (χ2v) is 4.03. The van der Waals surface area contributed by atoms with Gasteiger partial charge < -0.3 is 10.7 Å². The van der Waals surface area contributed by atoms with E-state index in [4.69, 9.17) is 5.73 Å². The number of nitrogen functional groups attached to an aromatic ring is 1. The minimum absolute atomic E-state index is 0.0665. The van der Waals surface area contributed by atoms with Crippen LogP contribution in [0.2, 0.25) is 0 Å². The van der Waals surface area contributed by atoms with Crippen LogP contribution < -0.4 is 5.73 Å². The number of nitrogens with two attached hydrogens (primary N) is 1. The lowest BCUT2D eigenvalue weighted by atomic mass is 10.3. The Morgan fingerprint density at radius 1 is 1.35 bits per heavy atom. The van der Waals surface area contributed by atoms with Crippen molar-refractivity contribution in [1.82, 2.24) is 19.7 Å². The van der Waals surface area contributed by atoms with Gasteiger partial charge in [0.15, 0.2) is 0 Å². The maximum atomic E-state index is 5.88. The van der Waals surface area contributed by atoms with Crippen LogP contribution in [-0.4, -0.2) is 19.7 Å². The molecule has 3 N–H and O–H groups in total. The molecule has 3 rings (SSSR count). The Morgan fingerprint density at radius 3 is 2.94 bits per heavy atom. The number of fused-ring (bicyclic) bond motifs is 1. The number of para-hydroxylation sites is 1. The van der Waals surface area contributed by atoms with Crippen molar-refractivity contribution in [2.24, 2.45) is 0 Å². The highest BCUT2D eigenvalue weighted by atomic mass is 15.3. The first kappa shape index (κ1) is 9.89. The van der Waals surface area contributed by atoms with E-state index in [1.165, 1.54) is 0 Å². The summed E-state index contributed by atoms with van der Waals surface area (Å²) < 4.78 is 1.86. The van der Waals surface area contributed by atoms with Gasteiger partial charge >= 0.3 is 0 Å². The Balaban J connectivity index is 2.10. The molecule has 5 nitrogen and oxygen atoms in total. The summed E-state index contributed by atoms with van der Waals surface area (Å²) in [5.74, 6) is 0.863. The zero-order valence-corrected chi connectivity index (χ0v) is 9.46. The monoisotopic (exact) mass is 227 g/mol. The Labute approximate surface area is 98.3 Å². The lowest BCUT2D eigenvalue weighted by Gasteiger charge is -2.08. The van der Waals surface area contributed by atoms with E-state index in [-0.39, 0.29) is 6.04 Å². The molecule has 17 heavy (non-hydrogen) atoms. The number of hydrogen-bond donors (Lipinski definition) is 2. The molecule has 0 aliphatic rings. The van der Waals surface area contributed by atoms with E-state index in [1.807, 2.05) is 42.1 Å².